The van der Waals surface area contributed by atoms with Crippen molar-refractivity contribution in [3.8, 4) is 0 Å². The van der Waals surface area contributed by atoms with Crippen LogP contribution in [0.5, 0.6) is 0 Å². The van der Waals surface area contributed by atoms with Crippen molar-refractivity contribution in [2.75, 3.05) is 43.4 Å². The first-order chi connectivity index (χ1) is 13.7. The van der Waals surface area contributed by atoms with Crippen LogP contribution in [-0.4, -0.2) is 48.5 Å². The van der Waals surface area contributed by atoms with Gasteiger partial charge in [0.25, 0.3) is 0 Å². The van der Waals surface area contributed by atoms with Crippen LogP contribution in [-0.2, 0) is 11.2 Å². The summed E-state index contributed by atoms with van der Waals surface area (Å²) in [6.07, 6.45) is 5.53. The Morgan fingerprint density at radius 1 is 1.18 bits per heavy atom. The average molecular weight is 380 g/mol. The highest BCUT2D eigenvalue weighted by atomic mass is 16.1. The van der Waals surface area contributed by atoms with Crippen molar-refractivity contribution in [1.82, 2.24) is 15.2 Å². The fourth-order valence-electron chi connectivity index (χ4n) is 4.25. The Morgan fingerprint density at radius 3 is 2.82 bits per heavy atom. The number of carbonyl (C=O) groups is 1. The molecule has 6 nitrogen and oxygen atoms in total. The lowest BCUT2D eigenvalue weighted by atomic mass is 9.87. The number of fused-ring (bicyclic) bond motifs is 1. The third kappa shape index (κ3) is 4.44. The average Bonchev–Trinajstić information content (AvgIpc) is 2.73. The van der Waals surface area contributed by atoms with Crippen LogP contribution < -0.4 is 16.0 Å². The molecule has 1 aromatic heterocycles. The number of aryl methyl sites for hydroxylation is 1. The van der Waals surface area contributed by atoms with Crippen molar-refractivity contribution in [3.63, 3.8) is 0 Å². The van der Waals surface area contributed by atoms with E-state index in [2.05, 4.69) is 38.3 Å². The molecule has 1 amide bonds. The van der Waals surface area contributed by atoms with Gasteiger partial charge in [-0.05, 0) is 54.7 Å². The van der Waals surface area contributed by atoms with E-state index in [0.29, 0.717) is 6.42 Å². The zero-order valence-electron chi connectivity index (χ0n) is 16.3. The number of hydrogen-bond donors (Lipinski definition) is 2. The van der Waals surface area contributed by atoms with Crippen LogP contribution in [0.4, 0.5) is 11.5 Å². The molecule has 3 N–H and O–H groups in total. The van der Waals surface area contributed by atoms with Crippen LogP contribution in [0.15, 0.2) is 42.6 Å². The molecule has 1 fully saturated rings. The summed E-state index contributed by atoms with van der Waals surface area (Å²) in [5.41, 5.74) is 9.22. The van der Waals surface area contributed by atoms with Crippen LogP contribution in [0.1, 0.15) is 36.4 Å². The molecule has 1 aliphatic heterocycles. The Morgan fingerprint density at radius 2 is 2.04 bits per heavy atom. The molecular formula is C22H29N5O. The summed E-state index contributed by atoms with van der Waals surface area (Å²) in [6.45, 7) is 4.65. The van der Waals surface area contributed by atoms with Gasteiger partial charge in [-0.3, -0.25) is 9.69 Å². The molecule has 2 heterocycles. The van der Waals surface area contributed by atoms with E-state index in [1.165, 1.54) is 11.1 Å². The van der Waals surface area contributed by atoms with Crippen molar-refractivity contribution >= 4 is 17.4 Å². The van der Waals surface area contributed by atoms with E-state index in [9.17, 15) is 4.79 Å². The number of carbonyl (C=O) groups excluding carboxylic acids is 1. The quantitative estimate of drug-likeness (QED) is 0.780. The summed E-state index contributed by atoms with van der Waals surface area (Å²) >= 11 is 0. The lowest BCUT2D eigenvalue weighted by molar-refractivity contribution is -0.122. The third-order valence-corrected chi connectivity index (χ3v) is 5.82. The maximum Gasteiger partial charge on any atom is 0.221 e. The minimum Gasteiger partial charge on any atom is -0.399 e. The second-order valence-electron chi connectivity index (χ2n) is 7.74. The molecule has 2 aromatic rings. The van der Waals surface area contributed by atoms with E-state index in [0.717, 1.165) is 63.5 Å². The fourth-order valence-corrected chi connectivity index (χ4v) is 4.25. The Hall–Kier alpha value is -2.60. The lowest BCUT2D eigenvalue weighted by Crippen LogP contribution is -2.47. The van der Waals surface area contributed by atoms with Gasteiger partial charge in [-0.25, -0.2) is 4.98 Å². The zero-order chi connectivity index (χ0) is 19.3. The normalized spacial score (nSPS) is 19.9. The number of amides is 1. The third-order valence-electron chi connectivity index (χ3n) is 5.82. The molecule has 6 heteroatoms. The summed E-state index contributed by atoms with van der Waals surface area (Å²) < 4.78 is 0. The van der Waals surface area contributed by atoms with Crippen LogP contribution in [0.3, 0.4) is 0 Å². The van der Waals surface area contributed by atoms with Gasteiger partial charge in [0.15, 0.2) is 0 Å². The van der Waals surface area contributed by atoms with Crippen molar-refractivity contribution in [3.05, 3.63) is 53.7 Å². The smallest absolute Gasteiger partial charge is 0.221 e. The van der Waals surface area contributed by atoms with E-state index in [-0.39, 0.29) is 11.9 Å². The molecule has 28 heavy (non-hydrogen) atoms. The Labute approximate surface area is 166 Å². The van der Waals surface area contributed by atoms with E-state index in [4.69, 9.17) is 5.73 Å². The number of nitrogen functional groups attached to an aromatic ring is 1. The van der Waals surface area contributed by atoms with Crippen molar-refractivity contribution in [2.24, 2.45) is 0 Å². The van der Waals surface area contributed by atoms with Gasteiger partial charge >= 0.3 is 0 Å². The van der Waals surface area contributed by atoms with Crippen molar-refractivity contribution < 1.29 is 4.79 Å². The summed E-state index contributed by atoms with van der Waals surface area (Å²) in [6, 6.07) is 12.2. The highest BCUT2D eigenvalue weighted by Crippen LogP contribution is 2.31. The van der Waals surface area contributed by atoms with E-state index < -0.39 is 0 Å². The number of pyridine rings is 1. The fraction of sp³-hybridized carbons (Fsp3) is 0.455. The summed E-state index contributed by atoms with van der Waals surface area (Å²) in [5.74, 6) is 1.18. The molecule has 1 saturated heterocycles. The number of nitrogens with two attached hydrogens (primary N) is 1. The molecule has 1 unspecified atom stereocenters. The van der Waals surface area contributed by atoms with Gasteiger partial charge in [-0.2, -0.15) is 0 Å². The van der Waals surface area contributed by atoms with Gasteiger partial charge in [0.1, 0.15) is 5.82 Å². The maximum atomic E-state index is 12.5. The number of rotatable bonds is 5. The molecule has 0 spiro atoms. The minimum absolute atomic E-state index is 0.123. The Bertz CT molecular complexity index is 802. The van der Waals surface area contributed by atoms with E-state index in [1.807, 2.05) is 24.4 Å². The van der Waals surface area contributed by atoms with E-state index >= 15 is 0 Å². The van der Waals surface area contributed by atoms with Gasteiger partial charge in [0.2, 0.25) is 5.91 Å². The van der Waals surface area contributed by atoms with Gasteiger partial charge < -0.3 is 16.0 Å². The number of nitrogens with zero attached hydrogens (tertiary/aromatic N) is 3. The number of benzene rings is 1. The first-order valence-corrected chi connectivity index (χ1v) is 10.2. The maximum absolute atomic E-state index is 12.5. The highest BCUT2D eigenvalue weighted by molar-refractivity contribution is 5.76. The molecule has 0 saturated carbocycles. The highest BCUT2D eigenvalue weighted by Gasteiger charge is 2.23. The van der Waals surface area contributed by atoms with Crippen LogP contribution >= 0.6 is 0 Å². The molecule has 148 valence electrons. The number of nitrogens with one attached hydrogen (secondary N) is 1. The second-order valence-corrected chi connectivity index (χ2v) is 7.74. The summed E-state index contributed by atoms with van der Waals surface area (Å²) in [5, 5.41) is 3.24. The second kappa shape index (κ2) is 8.61. The molecule has 0 bridgehead atoms. The van der Waals surface area contributed by atoms with Crippen molar-refractivity contribution in [2.45, 2.75) is 31.7 Å². The molecule has 2 aliphatic rings. The Balaban J connectivity index is 1.24. The number of hydrogen-bond acceptors (Lipinski definition) is 5. The number of anilines is 2. The van der Waals surface area contributed by atoms with Gasteiger partial charge in [-0.15, -0.1) is 0 Å². The zero-order valence-corrected chi connectivity index (χ0v) is 16.3. The van der Waals surface area contributed by atoms with Gasteiger partial charge in [0, 0.05) is 51.0 Å². The molecule has 0 radical (unpaired) electrons. The lowest BCUT2D eigenvalue weighted by Gasteiger charge is -2.35. The van der Waals surface area contributed by atoms with Crippen LogP contribution in [0.2, 0.25) is 0 Å². The largest absolute Gasteiger partial charge is 0.399 e. The number of aromatic nitrogens is 1. The first kappa shape index (κ1) is 18.7. The predicted molar refractivity (Wildman–Crippen MR) is 112 cm³/mol. The molecule has 1 aliphatic carbocycles. The van der Waals surface area contributed by atoms with E-state index in [1.54, 1.807) is 0 Å². The Kier molecular flexibility index (Phi) is 5.76. The topological polar surface area (TPSA) is 74.5 Å². The summed E-state index contributed by atoms with van der Waals surface area (Å²) in [7, 11) is 0. The van der Waals surface area contributed by atoms with Crippen molar-refractivity contribution in [1.29, 1.82) is 0 Å². The SMILES string of the molecule is Nc1ccc2c(c1)CCCC2NC(=O)CCN1CCN(c2ccccn2)CC1. The molecule has 4 rings (SSSR count). The van der Waals surface area contributed by atoms with Crippen LogP contribution in [0, 0.1) is 0 Å². The minimum atomic E-state index is 0.123. The molecule has 1 aromatic carbocycles. The number of piperazine rings is 1. The summed E-state index contributed by atoms with van der Waals surface area (Å²) in [4.78, 5) is 21.6. The molecule has 1 atom stereocenters. The first-order valence-electron chi connectivity index (χ1n) is 10.2. The standard InChI is InChI=1S/C22H29N5O/c23-18-7-8-19-17(16-18)4-3-5-20(19)25-22(28)9-11-26-12-14-27(15-13-26)21-6-1-2-10-24-21/h1-2,6-8,10,16,20H,3-5,9,11-15,23H2,(H,25,28). The van der Waals surface area contributed by atoms with Gasteiger partial charge in [-0.1, -0.05) is 12.1 Å². The van der Waals surface area contributed by atoms with Gasteiger partial charge in [0.05, 0.1) is 6.04 Å². The van der Waals surface area contributed by atoms with Crippen LogP contribution in [0.25, 0.3) is 0 Å². The monoisotopic (exact) mass is 379 g/mol. The molecular weight excluding hydrogens is 350 g/mol. The predicted octanol–water partition coefficient (Wildman–Crippen LogP) is 2.37.